The number of hydrogen-bond donors (Lipinski definition) is 0. The first-order chi connectivity index (χ1) is 7.79. The fourth-order valence-corrected chi connectivity index (χ4v) is 1.67. The molecule has 3 nitrogen and oxygen atoms in total. The van der Waals surface area contributed by atoms with Crippen LogP contribution in [-0.4, -0.2) is 20.8 Å². The third kappa shape index (κ3) is 2.55. The minimum absolute atomic E-state index is 0.541. The lowest BCUT2D eigenvalue weighted by Gasteiger charge is -2.04. The maximum absolute atomic E-state index is 5.70. The lowest BCUT2D eigenvalue weighted by atomic mass is 10.2. The molecule has 0 spiro atoms. The second kappa shape index (κ2) is 5.03. The van der Waals surface area contributed by atoms with E-state index in [4.69, 9.17) is 11.6 Å². The van der Waals surface area contributed by atoms with Gasteiger partial charge >= 0.3 is 0 Å². The van der Waals surface area contributed by atoms with Gasteiger partial charge in [0.2, 0.25) is 0 Å². The molecule has 4 heteroatoms. The van der Waals surface area contributed by atoms with E-state index in [0.717, 1.165) is 22.8 Å². The smallest absolute Gasteiger partial charge is 0.130 e. The van der Waals surface area contributed by atoms with Crippen molar-refractivity contribution in [1.29, 1.82) is 0 Å². The molecule has 16 heavy (non-hydrogen) atoms. The largest absolute Gasteiger partial charge is 0.265 e. The van der Waals surface area contributed by atoms with Crippen molar-refractivity contribution in [2.24, 2.45) is 0 Å². The highest BCUT2D eigenvalue weighted by Crippen LogP contribution is 2.16. The average molecular weight is 234 g/mol. The minimum atomic E-state index is 0.541. The number of hydrogen-bond acceptors (Lipinski definition) is 3. The van der Waals surface area contributed by atoms with Crippen LogP contribution in [-0.2, 0) is 6.42 Å². The zero-order valence-electron chi connectivity index (χ0n) is 9.02. The Labute approximate surface area is 99.5 Å². The van der Waals surface area contributed by atoms with Gasteiger partial charge in [0, 0.05) is 36.0 Å². The number of aromatic nitrogens is 3. The predicted octanol–water partition coefficient (Wildman–Crippen LogP) is 2.63. The molecule has 2 aromatic rings. The molecular weight excluding hydrogens is 222 g/mol. The molecule has 0 bridgehead atoms. The van der Waals surface area contributed by atoms with Crippen molar-refractivity contribution in [2.75, 3.05) is 5.88 Å². The number of rotatable bonds is 3. The number of halogens is 1. The van der Waals surface area contributed by atoms with Gasteiger partial charge in [-0.15, -0.1) is 11.6 Å². The molecule has 2 aromatic heterocycles. The summed E-state index contributed by atoms with van der Waals surface area (Å²) < 4.78 is 0. The number of aryl methyl sites for hydroxylation is 2. The van der Waals surface area contributed by atoms with Gasteiger partial charge in [-0.25, -0.2) is 9.97 Å². The Bertz CT molecular complexity index is 471. The molecule has 0 aliphatic carbocycles. The third-order valence-electron chi connectivity index (χ3n) is 2.19. The van der Waals surface area contributed by atoms with Gasteiger partial charge in [0.15, 0.2) is 0 Å². The highest BCUT2D eigenvalue weighted by atomic mass is 35.5. The summed E-state index contributed by atoms with van der Waals surface area (Å²) in [5, 5.41) is 0. The van der Waals surface area contributed by atoms with Crippen LogP contribution in [0.4, 0.5) is 0 Å². The fraction of sp³-hybridized carbons (Fsp3) is 0.250. The van der Waals surface area contributed by atoms with E-state index in [1.165, 1.54) is 0 Å². The number of alkyl halides is 1. The van der Waals surface area contributed by atoms with Crippen LogP contribution in [0.3, 0.4) is 0 Å². The summed E-state index contributed by atoms with van der Waals surface area (Å²) in [6.45, 7) is 1.96. The van der Waals surface area contributed by atoms with Gasteiger partial charge < -0.3 is 0 Å². The van der Waals surface area contributed by atoms with Crippen molar-refractivity contribution in [3.05, 3.63) is 42.1 Å². The normalized spacial score (nSPS) is 10.4. The van der Waals surface area contributed by atoms with Crippen molar-refractivity contribution in [2.45, 2.75) is 13.3 Å². The van der Waals surface area contributed by atoms with Gasteiger partial charge in [-0.05, 0) is 25.1 Å². The van der Waals surface area contributed by atoms with Crippen LogP contribution in [0.1, 0.15) is 11.5 Å². The third-order valence-corrected chi connectivity index (χ3v) is 2.38. The second-order valence-corrected chi connectivity index (χ2v) is 3.86. The molecule has 82 valence electrons. The van der Waals surface area contributed by atoms with Crippen LogP contribution < -0.4 is 0 Å². The monoisotopic (exact) mass is 233 g/mol. The maximum atomic E-state index is 5.70. The average Bonchev–Trinajstić information content (AvgIpc) is 2.30. The van der Waals surface area contributed by atoms with Crippen molar-refractivity contribution in [3.8, 4) is 11.3 Å². The highest BCUT2D eigenvalue weighted by Gasteiger charge is 2.03. The Morgan fingerprint density at radius 3 is 2.62 bits per heavy atom. The van der Waals surface area contributed by atoms with E-state index in [-0.39, 0.29) is 0 Å². The van der Waals surface area contributed by atoms with Gasteiger partial charge in [0.25, 0.3) is 0 Å². The van der Waals surface area contributed by atoms with Crippen LogP contribution in [0.5, 0.6) is 0 Å². The Kier molecular flexibility index (Phi) is 3.47. The molecule has 2 rings (SSSR count). The maximum Gasteiger partial charge on any atom is 0.130 e. The Hall–Kier alpha value is -1.48. The van der Waals surface area contributed by atoms with E-state index < -0.39 is 0 Å². The van der Waals surface area contributed by atoms with Crippen LogP contribution in [0.25, 0.3) is 11.3 Å². The van der Waals surface area contributed by atoms with Crippen molar-refractivity contribution < 1.29 is 0 Å². The quantitative estimate of drug-likeness (QED) is 0.765. The van der Waals surface area contributed by atoms with E-state index >= 15 is 0 Å². The summed E-state index contributed by atoms with van der Waals surface area (Å²) in [7, 11) is 0. The summed E-state index contributed by atoms with van der Waals surface area (Å²) in [5.74, 6) is 1.33. The molecule has 0 amide bonds. The van der Waals surface area contributed by atoms with E-state index in [1.807, 2.05) is 25.1 Å². The Morgan fingerprint density at radius 1 is 1.19 bits per heavy atom. The molecule has 0 aromatic carbocycles. The first-order valence-corrected chi connectivity index (χ1v) is 5.64. The van der Waals surface area contributed by atoms with E-state index in [9.17, 15) is 0 Å². The van der Waals surface area contributed by atoms with Gasteiger partial charge in [0.05, 0.1) is 5.69 Å². The Balaban J connectivity index is 2.41. The molecule has 0 saturated heterocycles. The molecule has 0 aliphatic heterocycles. The van der Waals surface area contributed by atoms with E-state index in [2.05, 4.69) is 15.0 Å². The highest BCUT2D eigenvalue weighted by molar-refractivity contribution is 6.17. The van der Waals surface area contributed by atoms with E-state index in [0.29, 0.717) is 12.3 Å². The zero-order chi connectivity index (χ0) is 11.4. The predicted molar refractivity (Wildman–Crippen MR) is 64.4 cm³/mol. The molecule has 0 fully saturated rings. The van der Waals surface area contributed by atoms with Gasteiger partial charge in [0.1, 0.15) is 5.82 Å². The summed E-state index contributed by atoms with van der Waals surface area (Å²) in [6.07, 6.45) is 4.21. The Morgan fingerprint density at radius 2 is 1.94 bits per heavy atom. The molecule has 0 unspecified atom stereocenters. The summed E-state index contributed by atoms with van der Waals surface area (Å²) in [6, 6.07) is 5.84. The first kappa shape index (κ1) is 11.0. The molecule has 0 saturated carbocycles. The van der Waals surface area contributed by atoms with E-state index in [1.54, 1.807) is 12.4 Å². The summed E-state index contributed by atoms with van der Waals surface area (Å²) in [4.78, 5) is 12.8. The fourth-order valence-electron chi connectivity index (χ4n) is 1.50. The number of pyridine rings is 1. The second-order valence-electron chi connectivity index (χ2n) is 3.49. The minimum Gasteiger partial charge on any atom is -0.265 e. The van der Waals surface area contributed by atoms with Crippen LogP contribution in [0.2, 0.25) is 0 Å². The molecule has 2 heterocycles. The van der Waals surface area contributed by atoms with Gasteiger partial charge in [-0.1, -0.05) is 0 Å². The lowest BCUT2D eigenvalue weighted by Crippen LogP contribution is -2.00. The molecule has 0 aliphatic rings. The van der Waals surface area contributed by atoms with Crippen molar-refractivity contribution >= 4 is 11.6 Å². The lowest BCUT2D eigenvalue weighted by molar-refractivity contribution is 0.925. The molecular formula is C12H12ClN3. The molecule has 0 radical (unpaired) electrons. The standard InChI is InChI=1S/C12H12ClN3/c1-9-8-11(10-3-6-14-7-4-10)16-12(15-9)2-5-13/h3-4,6-8H,2,5H2,1H3. The molecule has 0 atom stereocenters. The van der Waals surface area contributed by atoms with Gasteiger partial charge in [-0.3, -0.25) is 4.98 Å². The first-order valence-electron chi connectivity index (χ1n) is 5.10. The van der Waals surface area contributed by atoms with Crippen LogP contribution in [0, 0.1) is 6.92 Å². The van der Waals surface area contributed by atoms with Crippen LogP contribution >= 0.6 is 11.6 Å². The van der Waals surface area contributed by atoms with Crippen LogP contribution in [0.15, 0.2) is 30.6 Å². The van der Waals surface area contributed by atoms with Crippen molar-refractivity contribution in [1.82, 2.24) is 15.0 Å². The topological polar surface area (TPSA) is 38.7 Å². The SMILES string of the molecule is Cc1cc(-c2ccncc2)nc(CCCl)n1. The summed E-state index contributed by atoms with van der Waals surface area (Å²) in [5.41, 5.74) is 2.94. The molecule has 0 N–H and O–H groups in total. The van der Waals surface area contributed by atoms with Crippen molar-refractivity contribution in [3.63, 3.8) is 0 Å². The number of nitrogens with zero attached hydrogens (tertiary/aromatic N) is 3. The summed E-state index contributed by atoms with van der Waals surface area (Å²) >= 11 is 5.70. The zero-order valence-corrected chi connectivity index (χ0v) is 9.78. The van der Waals surface area contributed by atoms with Gasteiger partial charge in [-0.2, -0.15) is 0 Å².